The van der Waals surface area contributed by atoms with Gasteiger partial charge in [-0.15, -0.1) is 10.2 Å². The van der Waals surface area contributed by atoms with Gasteiger partial charge in [0, 0.05) is 19.7 Å². The van der Waals surface area contributed by atoms with Gasteiger partial charge < -0.3 is 19.4 Å². The first kappa shape index (κ1) is 21.6. The van der Waals surface area contributed by atoms with Crippen LogP contribution in [-0.4, -0.2) is 45.7 Å². The summed E-state index contributed by atoms with van der Waals surface area (Å²) >= 11 is 1.41. The Morgan fingerprint density at radius 2 is 2.17 bits per heavy atom. The van der Waals surface area contributed by atoms with Gasteiger partial charge in [-0.05, 0) is 37.3 Å². The molecule has 1 aliphatic heterocycles. The normalized spacial score (nSPS) is 16.3. The maximum Gasteiger partial charge on any atom is 0.230 e. The molecule has 2 aromatic rings. The number of amides is 1. The molecule has 7 nitrogen and oxygen atoms in total. The minimum Gasteiger partial charge on any atom is -0.486 e. The number of aromatic nitrogens is 3. The molecule has 1 fully saturated rings. The minimum absolute atomic E-state index is 0.00834. The average molecular weight is 419 g/mol. The van der Waals surface area contributed by atoms with E-state index in [0.717, 1.165) is 49.1 Å². The number of rotatable bonds is 11. The summed E-state index contributed by atoms with van der Waals surface area (Å²) in [5.41, 5.74) is 0. The highest BCUT2D eigenvalue weighted by Crippen LogP contribution is 2.20. The van der Waals surface area contributed by atoms with Crippen molar-refractivity contribution in [3.05, 3.63) is 36.2 Å². The Bertz CT molecular complexity index is 761. The van der Waals surface area contributed by atoms with Gasteiger partial charge in [0.25, 0.3) is 0 Å². The Labute approximate surface area is 176 Å². The lowest BCUT2D eigenvalue weighted by atomic mass is 10.1. The molecule has 0 saturated carbocycles. The fourth-order valence-corrected chi connectivity index (χ4v) is 3.84. The molecule has 158 valence electrons. The highest BCUT2D eigenvalue weighted by Gasteiger charge is 2.18. The Morgan fingerprint density at radius 3 is 2.90 bits per heavy atom. The number of ether oxygens (including phenoxy) is 2. The van der Waals surface area contributed by atoms with Gasteiger partial charge in [-0.25, -0.2) is 0 Å². The second kappa shape index (κ2) is 11.2. The maximum atomic E-state index is 12.2. The van der Waals surface area contributed by atoms with Crippen LogP contribution in [0.25, 0.3) is 0 Å². The first-order chi connectivity index (χ1) is 14.1. The van der Waals surface area contributed by atoms with Crippen LogP contribution in [0, 0.1) is 5.92 Å². The molecule has 1 saturated heterocycles. The van der Waals surface area contributed by atoms with Crippen molar-refractivity contribution < 1.29 is 14.3 Å². The monoisotopic (exact) mass is 418 g/mol. The number of nitrogens with zero attached hydrogens (tertiary/aromatic N) is 3. The number of hydrogen-bond acceptors (Lipinski definition) is 6. The molecule has 0 aliphatic carbocycles. The molecule has 0 radical (unpaired) electrons. The van der Waals surface area contributed by atoms with Crippen molar-refractivity contribution in [2.45, 2.75) is 57.5 Å². The number of hydrogen-bond donors (Lipinski definition) is 1. The van der Waals surface area contributed by atoms with E-state index in [4.69, 9.17) is 9.47 Å². The zero-order valence-electron chi connectivity index (χ0n) is 17.2. The molecule has 0 spiro atoms. The summed E-state index contributed by atoms with van der Waals surface area (Å²) in [7, 11) is 0. The van der Waals surface area contributed by atoms with Crippen LogP contribution in [0.4, 0.5) is 0 Å². The number of thioether (sulfide) groups is 1. The second-order valence-corrected chi connectivity index (χ2v) is 8.50. The van der Waals surface area contributed by atoms with Gasteiger partial charge in [0.2, 0.25) is 5.91 Å². The van der Waals surface area contributed by atoms with E-state index < -0.39 is 0 Å². The minimum atomic E-state index is -0.00834. The summed E-state index contributed by atoms with van der Waals surface area (Å²) in [5.74, 6) is 2.44. The van der Waals surface area contributed by atoms with Gasteiger partial charge in [0.15, 0.2) is 11.0 Å². The number of carbonyl (C=O) groups excluding carboxylic acids is 1. The molecule has 1 aromatic carbocycles. The fraction of sp³-hybridized carbons (Fsp3) is 0.571. The van der Waals surface area contributed by atoms with Gasteiger partial charge in [-0.1, -0.05) is 43.8 Å². The number of nitrogens with one attached hydrogen (secondary N) is 1. The lowest BCUT2D eigenvalue weighted by Gasteiger charge is -2.13. The van der Waals surface area contributed by atoms with Crippen LogP contribution >= 0.6 is 11.8 Å². The standard InChI is InChI=1S/C21H30N4O3S/c1-16(2)10-11-25-19(14-28-17-7-4-3-5-8-17)23-24-21(25)29-15-20(26)22-13-18-9-6-12-27-18/h3-5,7-8,16,18H,6,9-15H2,1-2H3,(H,22,26). The fourth-order valence-electron chi connectivity index (χ4n) is 3.02. The zero-order chi connectivity index (χ0) is 20.5. The van der Waals surface area contributed by atoms with E-state index in [0.29, 0.717) is 24.8 Å². The van der Waals surface area contributed by atoms with Crippen LogP contribution in [0.2, 0.25) is 0 Å². The molecule has 1 aliphatic rings. The molecule has 8 heteroatoms. The summed E-state index contributed by atoms with van der Waals surface area (Å²) in [4.78, 5) is 12.2. The molecule has 3 rings (SSSR count). The van der Waals surface area contributed by atoms with E-state index in [-0.39, 0.29) is 12.0 Å². The first-order valence-electron chi connectivity index (χ1n) is 10.2. The predicted molar refractivity (Wildman–Crippen MR) is 113 cm³/mol. The van der Waals surface area contributed by atoms with Crippen LogP contribution < -0.4 is 10.1 Å². The van der Waals surface area contributed by atoms with Gasteiger partial charge >= 0.3 is 0 Å². The Kier molecular flexibility index (Phi) is 8.37. The number of benzene rings is 1. The third kappa shape index (κ3) is 7.04. The average Bonchev–Trinajstić information content (AvgIpc) is 3.38. The van der Waals surface area contributed by atoms with Crippen molar-refractivity contribution in [3.8, 4) is 5.75 Å². The Hall–Kier alpha value is -2.06. The first-order valence-corrected chi connectivity index (χ1v) is 11.2. The molecule has 1 N–H and O–H groups in total. The molecule has 1 aromatic heterocycles. The van der Waals surface area contributed by atoms with Gasteiger partial charge in [0.05, 0.1) is 11.9 Å². The molecule has 1 unspecified atom stereocenters. The topological polar surface area (TPSA) is 78.3 Å². The van der Waals surface area contributed by atoms with E-state index in [9.17, 15) is 4.79 Å². The molecule has 1 atom stereocenters. The third-order valence-electron chi connectivity index (χ3n) is 4.72. The number of carbonyl (C=O) groups is 1. The maximum absolute atomic E-state index is 12.2. The Balaban J connectivity index is 1.55. The van der Waals surface area contributed by atoms with Gasteiger partial charge in [-0.3, -0.25) is 4.79 Å². The van der Waals surface area contributed by atoms with E-state index in [1.165, 1.54) is 11.8 Å². The van der Waals surface area contributed by atoms with Crippen LogP contribution in [0.3, 0.4) is 0 Å². The highest BCUT2D eigenvalue weighted by molar-refractivity contribution is 7.99. The van der Waals surface area contributed by atoms with Crippen molar-refractivity contribution in [2.75, 3.05) is 18.9 Å². The summed E-state index contributed by atoms with van der Waals surface area (Å²) in [6, 6.07) is 9.67. The molecule has 0 bridgehead atoms. The van der Waals surface area contributed by atoms with Crippen LogP contribution in [0.15, 0.2) is 35.5 Å². The zero-order valence-corrected chi connectivity index (χ0v) is 18.0. The Morgan fingerprint density at radius 1 is 1.34 bits per heavy atom. The quantitative estimate of drug-likeness (QED) is 0.564. The summed E-state index contributed by atoms with van der Waals surface area (Å²) in [6.45, 7) is 6.91. The van der Waals surface area contributed by atoms with Gasteiger partial charge in [-0.2, -0.15) is 0 Å². The molecular formula is C21H30N4O3S. The van der Waals surface area contributed by atoms with Crippen LogP contribution in [0.5, 0.6) is 5.75 Å². The predicted octanol–water partition coefficient (Wildman–Crippen LogP) is 3.29. The lowest BCUT2D eigenvalue weighted by molar-refractivity contribution is -0.119. The van der Waals surface area contributed by atoms with E-state index in [1.807, 2.05) is 30.3 Å². The van der Waals surface area contributed by atoms with Crippen molar-refractivity contribution in [1.29, 1.82) is 0 Å². The summed E-state index contributed by atoms with van der Waals surface area (Å²) in [5, 5.41) is 12.3. The van der Waals surface area contributed by atoms with Crippen LogP contribution in [-0.2, 0) is 22.7 Å². The smallest absolute Gasteiger partial charge is 0.230 e. The van der Waals surface area contributed by atoms with E-state index >= 15 is 0 Å². The summed E-state index contributed by atoms with van der Waals surface area (Å²) in [6.07, 6.45) is 3.25. The second-order valence-electron chi connectivity index (χ2n) is 7.56. The molecule has 2 heterocycles. The highest BCUT2D eigenvalue weighted by atomic mass is 32.2. The summed E-state index contributed by atoms with van der Waals surface area (Å²) < 4.78 is 13.5. The lowest BCUT2D eigenvalue weighted by Crippen LogP contribution is -2.33. The molecular weight excluding hydrogens is 388 g/mol. The largest absolute Gasteiger partial charge is 0.486 e. The van der Waals surface area contributed by atoms with Crippen molar-refractivity contribution >= 4 is 17.7 Å². The van der Waals surface area contributed by atoms with E-state index in [1.54, 1.807) is 0 Å². The molecule has 29 heavy (non-hydrogen) atoms. The molecule has 1 amide bonds. The van der Waals surface area contributed by atoms with Crippen molar-refractivity contribution in [1.82, 2.24) is 20.1 Å². The van der Waals surface area contributed by atoms with E-state index in [2.05, 4.69) is 33.9 Å². The van der Waals surface area contributed by atoms with Gasteiger partial charge in [0.1, 0.15) is 12.4 Å². The van der Waals surface area contributed by atoms with Crippen molar-refractivity contribution in [3.63, 3.8) is 0 Å². The number of para-hydroxylation sites is 1. The van der Waals surface area contributed by atoms with Crippen molar-refractivity contribution in [2.24, 2.45) is 5.92 Å². The van der Waals surface area contributed by atoms with Crippen LogP contribution in [0.1, 0.15) is 38.9 Å². The SMILES string of the molecule is CC(C)CCn1c(COc2ccccc2)nnc1SCC(=O)NCC1CCCO1. The third-order valence-corrected chi connectivity index (χ3v) is 5.68.